The lowest BCUT2D eigenvalue weighted by atomic mass is 10.0. The van der Waals surface area contributed by atoms with Crippen LogP contribution in [0.2, 0.25) is 0 Å². The molecule has 1 nitrogen and oxygen atoms in total. The Balaban J connectivity index is 1.99. The van der Waals surface area contributed by atoms with E-state index in [0.29, 0.717) is 0 Å². The smallest absolute Gasteiger partial charge is 0.0400 e. The third-order valence-corrected chi connectivity index (χ3v) is 3.54. The van der Waals surface area contributed by atoms with Gasteiger partial charge in [-0.05, 0) is 30.0 Å². The summed E-state index contributed by atoms with van der Waals surface area (Å²) in [4.78, 5) is 0. The predicted molar refractivity (Wildman–Crippen MR) is 97.4 cm³/mol. The normalized spacial score (nSPS) is 10.0. The summed E-state index contributed by atoms with van der Waals surface area (Å²) in [5.74, 6) is 0. The number of nitrogens with one attached hydrogen (secondary N) is 1. The van der Waals surface area contributed by atoms with Gasteiger partial charge in [0.1, 0.15) is 0 Å². The van der Waals surface area contributed by atoms with E-state index in [9.17, 15) is 0 Å². The first-order chi connectivity index (χ1) is 10.6. The fourth-order valence-electron chi connectivity index (χ4n) is 2.38. The molecule has 0 aliphatic rings. The third kappa shape index (κ3) is 4.23. The number of hydrogen-bond donors (Lipinski definition) is 1. The molecule has 0 aliphatic carbocycles. The number of allylic oxidation sites excluding steroid dienone is 1. The maximum atomic E-state index is 4.14. The molecule has 0 radical (unpaired) electrons. The van der Waals surface area contributed by atoms with Crippen molar-refractivity contribution in [2.75, 3.05) is 0 Å². The summed E-state index contributed by atoms with van der Waals surface area (Å²) in [6.45, 7) is 14.7. The van der Waals surface area contributed by atoms with Crippen LogP contribution < -0.4 is 5.32 Å². The van der Waals surface area contributed by atoms with Crippen molar-refractivity contribution in [2.24, 2.45) is 0 Å². The van der Waals surface area contributed by atoms with Crippen LogP contribution in [0.5, 0.6) is 0 Å². The van der Waals surface area contributed by atoms with Crippen LogP contribution >= 0.6 is 0 Å². The molecule has 0 fully saturated rings. The molecule has 22 heavy (non-hydrogen) atoms. The largest absolute Gasteiger partial charge is 0.381 e. The Kier molecular flexibility index (Phi) is 5.37. The van der Waals surface area contributed by atoms with Gasteiger partial charge in [0, 0.05) is 17.8 Å². The fourth-order valence-corrected chi connectivity index (χ4v) is 2.38. The molecular weight excluding hydrogens is 266 g/mol. The van der Waals surface area contributed by atoms with Gasteiger partial charge in [0.05, 0.1) is 0 Å². The van der Waals surface area contributed by atoms with E-state index in [-0.39, 0.29) is 0 Å². The average molecular weight is 289 g/mol. The monoisotopic (exact) mass is 289 g/mol. The zero-order chi connectivity index (χ0) is 15.9. The van der Waals surface area contributed by atoms with Crippen molar-refractivity contribution in [1.29, 1.82) is 0 Å². The zero-order valence-corrected chi connectivity index (χ0v) is 13.2. The third-order valence-electron chi connectivity index (χ3n) is 3.54. The van der Waals surface area contributed by atoms with Gasteiger partial charge in [-0.3, -0.25) is 0 Å². The minimum Gasteiger partial charge on any atom is -0.381 e. The molecule has 2 rings (SSSR count). The predicted octanol–water partition coefficient (Wildman–Crippen LogP) is 5.21. The highest BCUT2D eigenvalue weighted by atomic mass is 14.9. The molecule has 0 amide bonds. The molecule has 0 bridgehead atoms. The fraction of sp³-hybridized carbons (Fsp3) is 0.143. The summed E-state index contributed by atoms with van der Waals surface area (Å²) in [5, 5.41) is 3.39. The first-order valence-corrected chi connectivity index (χ1v) is 7.47. The van der Waals surface area contributed by atoms with Gasteiger partial charge in [0.2, 0.25) is 0 Å². The van der Waals surface area contributed by atoms with E-state index in [4.69, 9.17) is 0 Å². The second-order valence-electron chi connectivity index (χ2n) is 5.57. The van der Waals surface area contributed by atoms with E-state index < -0.39 is 0 Å². The Bertz CT molecular complexity index is 677. The summed E-state index contributed by atoms with van der Waals surface area (Å²) in [7, 11) is 0. The first kappa shape index (κ1) is 15.8. The Labute approximate surface area is 133 Å². The Morgan fingerprint density at radius 3 is 2.27 bits per heavy atom. The van der Waals surface area contributed by atoms with Crippen LogP contribution in [-0.2, 0) is 13.0 Å². The molecule has 0 saturated carbocycles. The van der Waals surface area contributed by atoms with E-state index in [1.807, 2.05) is 24.3 Å². The SMILES string of the molecule is C=Cc1ccccc1C(=C)NCc1ccc(CC(=C)C)cc1. The summed E-state index contributed by atoms with van der Waals surface area (Å²) < 4.78 is 0. The highest BCUT2D eigenvalue weighted by Crippen LogP contribution is 2.17. The highest BCUT2D eigenvalue weighted by Gasteiger charge is 2.03. The van der Waals surface area contributed by atoms with Crippen LogP contribution in [0.25, 0.3) is 11.8 Å². The van der Waals surface area contributed by atoms with Crippen LogP contribution in [0.3, 0.4) is 0 Å². The van der Waals surface area contributed by atoms with E-state index >= 15 is 0 Å². The van der Waals surface area contributed by atoms with Gasteiger partial charge >= 0.3 is 0 Å². The van der Waals surface area contributed by atoms with Crippen LogP contribution in [-0.4, -0.2) is 0 Å². The van der Waals surface area contributed by atoms with E-state index in [1.165, 1.54) is 16.7 Å². The van der Waals surface area contributed by atoms with Crippen molar-refractivity contribution in [1.82, 2.24) is 5.32 Å². The second-order valence-corrected chi connectivity index (χ2v) is 5.57. The molecular formula is C21H23N. The topological polar surface area (TPSA) is 12.0 Å². The molecule has 0 saturated heterocycles. The van der Waals surface area contributed by atoms with Gasteiger partial charge in [-0.2, -0.15) is 0 Å². The summed E-state index contributed by atoms with van der Waals surface area (Å²) in [6, 6.07) is 16.7. The quantitative estimate of drug-likeness (QED) is 0.690. The summed E-state index contributed by atoms with van der Waals surface area (Å²) in [6.07, 6.45) is 2.79. The lowest BCUT2D eigenvalue weighted by molar-refractivity contribution is 0.890. The van der Waals surface area contributed by atoms with Crippen LogP contribution in [0, 0.1) is 0 Å². The standard InChI is InChI=1S/C21H23N/c1-5-20-8-6-7-9-21(20)17(4)22-15-19-12-10-18(11-13-19)14-16(2)3/h5-13,22H,1-2,4,14-15H2,3H3. The maximum Gasteiger partial charge on any atom is 0.0400 e. The zero-order valence-electron chi connectivity index (χ0n) is 13.2. The Morgan fingerprint density at radius 2 is 1.64 bits per heavy atom. The molecule has 0 aliphatic heterocycles. The molecule has 2 aromatic carbocycles. The molecule has 0 aromatic heterocycles. The second kappa shape index (κ2) is 7.46. The first-order valence-electron chi connectivity index (χ1n) is 7.47. The highest BCUT2D eigenvalue weighted by molar-refractivity contribution is 5.71. The molecule has 1 heteroatoms. The Hall–Kier alpha value is -2.54. The van der Waals surface area contributed by atoms with Gasteiger partial charge in [-0.15, -0.1) is 0 Å². The van der Waals surface area contributed by atoms with Crippen LogP contribution in [0.4, 0.5) is 0 Å². The van der Waals surface area contributed by atoms with Crippen molar-refractivity contribution in [3.8, 4) is 0 Å². The molecule has 0 atom stereocenters. The Morgan fingerprint density at radius 1 is 1.00 bits per heavy atom. The van der Waals surface area contributed by atoms with Crippen molar-refractivity contribution in [2.45, 2.75) is 19.9 Å². The minimum absolute atomic E-state index is 0.762. The van der Waals surface area contributed by atoms with Crippen molar-refractivity contribution < 1.29 is 0 Å². The number of benzene rings is 2. The van der Waals surface area contributed by atoms with Gasteiger partial charge in [-0.1, -0.05) is 79.9 Å². The number of rotatable bonds is 7. The minimum atomic E-state index is 0.762. The van der Waals surface area contributed by atoms with Crippen molar-refractivity contribution >= 4 is 11.8 Å². The molecule has 0 heterocycles. The van der Waals surface area contributed by atoms with E-state index in [1.54, 1.807) is 0 Å². The average Bonchev–Trinajstić information content (AvgIpc) is 2.53. The van der Waals surface area contributed by atoms with Crippen LogP contribution in [0.15, 0.2) is 73.8 Å². The van der Waals surface area contributed by atoms with Gasteiger partial charge in [0.15, 0.2) is 0 Å². The summed E-state index contributed by atoms with van der Waals surface area (Å²) in [5.41, 5.74) is 6.82. The molecule has 0 spiro atoms. The molecule has 1 N–H and O–H groups in total. The van der Waals surface area contributed by atoms with Gasteiger partial charge < -0.3 is 5.32 Å². The summed E-state index contributed by atoms with van der Waals surface area (Å²) >= 11 is 0. The molecule has 112 valence electrons. The van der Waals surface area contributed by atoms with Crippen molar-refractivity contribution in [3.63, 3.8) is 0 Å². The molecule has 0 unspecified atom stereocenters. The lowest BCUT2D eigenvalue weighted by Gasteiger charge is -2.12. The lowest BCUT2D eigenvalue weighted by Crippen LogP contribution is -2.11. The van der Waals surface area contributed by atoms with E-state index in [0.717, 1.165) is 29.8 Å². The van der Waals surface area contributed by atoms with Crippen LogP contribution in [0.1, 0.15) is 29.2 Å². The van der Waals surface area contributed by atoms with Gasteiger partial charge in [0.25, 0.3) is 0 Å². The van der Waals surface area contributed by atoms with E-state index in [2.05, 4.69) is 62.3 Å². The van der Waals surface area contributed by atoms with Gasteiger partial charge in [-0.25, -0.2) is 0 Å². The maximum absolute atomic E-state index is 4.14. The van der Waals surface area contributed by atoms with Crippen molar-refractivity contribution in [3.05, 3.63) is 96.1 Å². The number of hydrogen-bond acceptors (Lipinski definition) is 1. The molecule has 2 aromatic rings.